The lowest BCUT2D eigenvalue weighted by atomic mass is 10.1. The van der Waals surface area contributed by atoms with Gasteiger partial charge in [-0.2, -0.15) is 0 Å². The van der Waals surface area contributed by atoms with Crippen LogP contribution in [0.5, 0.6) is 0 Å². The summed E-state index contributed by atoms with van der Waals surface area (Å²) in [6.45, 7) is 8.55. The first-order valence-corrected chi connectivity index (χ1v) is 7.26. The quantitative estimate of drug-likeness (QED) is 0.625. The van der Waals surface area contributed by atoms with E-state index < -0.39 is 0 Å². The van der Waals surface area contributed by atoms with Gasteiger partial charge in [0.25, 0.3) is 0 Å². The van der Waals surface area contributed by atoms with Gasteiger partial charge in [-0.05, 0) is 19.1 Å². The highest BCUT2D eigenvalue weighted by Crippen LogP contribution is 2.20. The predicted molar refractivity (Wildman–Crippen MR) is 75.6 cm³/mol. The normalized spacial score (nSPS) is 12.5. The molecule has 4 nitrogen and oxygen atoms in total. The van der Waals surface area contributed by atoms with Crippen LogP contribution < -0.4 is 10.6 Å². The second-order valence-corrected chi connectivity index (χ2v) is 4.96. The Morgan fingerprint density at radius 1 is 1.41 bits per heavy atom. The molecule has 0 aliphatic rings. The summed E-state index contributed by atoms with van der Waals surface area (Å²) in [7, 11) is 0. The van der Waals surface area contributed by atoms with Gasteiger partial charge < -0.3 is 10.6 Å². The zero-order valence-corrected chi connectivity index (χ0v) is 11.9. The molecular weight excluding hydrogens is 232 g/mol. The van der Waals surface area contributed by atoms with Crippen LogP contribution in [-0.2, 0) is 0 Å². The lowest BCUT2D eigenvalue weighted by Gasteiger charge is -2.25. The average Bonchev–Trinajstić information content (AvgIpc) is 2.34. The molecule has 1 aromatic heterocycles. The molecule has 0 aliphatic carbocycles. The Bertz CT molecular complexity index is 356. The van der Waals surface area contributed by atoms with Crippen LogP contribution in [0.25, 0.3) is 0 Å². The molecule has 5 heteroatoms. The molecule has 1 aromatic rings. The van der Waals surface area contributed by atoms with Gasteiger partial charge >= 0.3 is 0 Å². The van der Waals surface area contributed by atoms with Crippen molar-refractivity contribution < 1.29 is 0 Å². The van der Waals surface area contributed by atoms with Crippen molar-refractivity contribution in [2.24, 2.45) is 5.92 Å². The molecule has 2 N–H and O–H groups in total. The summed E-state index contributed by atoms with van der Waals surface area (Å²) < 4.78 is 0. The van der Waals surface area contributed by atoms with E-state index in [1.54, 1.807) is 0 Å². The Balaban J connectivity index is 2.90. The van der Waals surface area contributed by atoms with Crippen molar-refractivity contribution in [3.05, 3.63) is 6.07 Å². The van der Waals surface area contributed by atoms with E-state index in [1.807, 2.05) is 12.3 Å². The van der Waals surface area contributed by atoms with Gasteiger partial charge in [-0.15, -0.1) is 0 Å². The summed E-state index contributed by atoms with van der Waals surface area (Å²) in [6.07, 6.45) is 3.13. The van der Waals surface area contributed by atoms with Crippen LogP contribution in [0.4, 0.5) is 11.6 Å². The van der Waals surface area contributed by atoms with Crippen LogP contribution in [0, 0.1) is 5.92 Å². The number of aromatic nitrogens is 2. The van der Waals surface area contributed by atoms with Gasteiger partial charge in [-0.25, -0.2) is 9.97 Å². The Morgan fingerprint density at radius 3 is 2.65 bits per heavy atom. The van der Waals surface area contributed by atoms with Gasteiger partial charge in [-0.1, -0.05) is 32.0 Å². The van der Waals surface area contributed by atoms with Gasteiger partial charge in [0.05, 0.1) is 0 Å². The molecule has 0 saturated heterocycles. The van der Waals surface area contributed by atoms with E-state index in [4.69, 9.17) is 5.73 Å². The molecule has 1 unspecified atom stereocenters. The summed E-state index contributed by atoms with van der Waals surface area (Å²) in [4.78, 5) is 10.9. The number of rotatable bonds is 6. The van der Waals surface area contributed by atoms with Gasteiger partial charge in [0.15, 0.2) is 5.16 Å². The SMILES string of the molecule is CCC(C)CN(CC)c1cc(N)nc(SC)n1. The van der Waals surface area contributed by atoms with Crippen molar-refractivity contribution in [2.75, 3.05) is 30.0 Å². The van der Waals surface area contributed by atoms with E-state index in [0.29, 0.717) is 11.7 Å². The first-order valence-electron chi connectivity index (χ1n) is 6.04. The minimum absolute atomic E-state index is 0.543. The largest absolute Gasteiger partial charge is 0.383 e. The number of anilines is 2. The molecular formula is C12H22N4S. The fraction of sp³-hybridized carbons (Fsp3) is 0.667. The van der Waals surface area contributed by atoms with Crippen LogP contribution in [-0.4, -0.2) is 29.3 Å². The smallest absolute Gasteiger partial charge is 0.191 e. The molecule has 0 saturated carbocycles. The second-order valence-electron chi connectivity index (χ2n) is 4.19. The number of thioether (sulfide) groups is 1. The molecule has 1 heterocycles. The Kier molecular flexibility index (Phi) is 5.55. The Morgan fingerprint density at radius 2 is 2.12 bits per heavy atom. The van der Waals surface area contributed by atoms with Gasteiger partial charge in [-0.3, -0.25) is 0 Å². The van der Waals surface area contributed by atoms with Crippen molar-refractivity contribution in [1.82, 2.24) is 9.97 Å². The average molecular weight is 254 g/mol. The van der Waals surface area contributed by atoms with Crippen molar-refractivity contribution in [1.29, 1.82) is 0 Å². The lowest BCUT2D eigenvalue weighted by molar-refractivity contribution is 0.544. The minimum Gasteiger partial charge on any atom is -0.383 e. The molecule has 0 bridgehead atoms. The zero-order chi connectivity index (χ0) is 12.8. The zero-order valence-electron chi connectivity index (χ0n) is 11.1. The summed E-state index contributed by atoms with van der Waals surface area (Å²) in [6, 6.07) is 1.85. The molecule has 96 valence electrons. The van der Waals surface area contributed by atoms with Crippen LogP contribution in [0.15, 0.2) is 11.2 Å². The summed E-state index contributed by atoms with van der Waals surface area (Å²) in [5, 5.41) is 0.739. The number of nitrogens with zero attached hydrogens (tertiary/aromatic N) is 3. The molecule has 1 atom stereocenters. The molecule has 0 spiro atoms. The summed E-state index contributed by atoms with van der Waals surface area (Å²) in [5.74, 6) is 2.13. The Labute approximate surface area is 108 Å². The van der Waals surface area contributed by atoms with Gasteiger partial charge in [0, 0.05) is 19.2 Å². The Hall–Kier alpha value is -0.970. The van der Waals surface area contributed by atoms with Crippen molar-refractivity contribution in [2.45, 2.75) is 32.3 Å². The highest BCUT2D eigenvalue weighted by Gasteiger charge is 2.11. The number of nitrogen functional groups attached to an aromatic ring is 1. The first kappa shape index (κ1) is 14.1. The topological polar surface area (TPSA) is 55.0 Å². The summed E-state index contributed by atoms with van der Waals surface area (Å²) >= 11 is 1.52. The van der Waals surface area contributed by atoms with E-state index in [0.717, 1.165) is 24.1 Å². The first-order chi connectivity index (χ1) is 8.10. The maximum Gasteiger partial charge on any atom is 0.191 e. The van der Waals surface area contributed by atoms with Crippen molar-refractivity contribution in [3.63, 3.8) is 0 Å². The van der Waals surface area contributed by atoms with Gasteiger partial charge in [0.1, 0.15) is 11.6 Å². The molecule has 0 radical (unpaired) electrons. The van der Waals surface area contributed by atoms with E-state index in [-0.39, 0.29) is 0 Å². The lowest BCUT2D eigenvalue weighted by Crippen LogP contribution is -2.29. The molecule has 17 heavy (non-hydrogen) atoms. The fourth-order valence-electron chi connectivity index (χ4n) is 1.57. The van der Waals surface area contributed by atoms with E-state index in [1.165, 1.54) is 18.2 Å². The number of hydrogen-bond donors (Lipinski definition) is 1. The summed E-state index contributed by atoms with van der Waals surface area (Å²) in [5.41, 5.74) is 5.80. The molecule has 0 amide bonds. The highest BCUT2D eigenvalue weighted by molar-refractivity contribution is 7.98. The van der Waals surface area contributed by atoms with Crippen molar-refractivity contribution >= 4 is 23.4 Å². The van der Waals surface area contributed by atoms with E-state index in [9.17, 15) is 0 Å². The van der Waals surface area contributed by atoms with Crippen LogP contribution in [0.2, 0.25) is 0 Å². The van der Waals surface area contributed by atoms with Crippen molar-refractivity contribution in [3.8, 4) is 0 Å². The third-order valence-corrected chi connectivity index (χ3v) is 3.38. The molecule has 0 fully saturated rings. The molecule has 0 aromatic carbocycles. The third kappa shape index (κ3) is 4.07. The molecule has 0 aliphatic heterocycles. The highest BCUT2D eigenvalue weighted by atomic mass is 32.2. The van der Waals surface area contributed by atoms with Crippen LogP contribution in [0.1, 0.15) is 27.2 Å². The van der Waals surface area contributed by atoms with E-state index >= 15 is 0 Å². The predicted octanol–water partition coefficient (Wildman–Crippen LogP) is 2.65. The standard InChI is InChI=1S/C12H22N4S/c1-5-9(3)8-16(6-2)11-7-10(13)14-12(15-11)17-4/h7,9H,5-6,8H2,1-4H3,(H2,13,14,15). The fourth-order valence-corrected chi connectivity index (χ4v) is 1.96. The molecule has 1 rings (SSSR count). The second kappa shape index (κ2) is 6.69. The maximum atomic E-state index is 5.80. The van der Waals surface area contributed by atoms with E-state index in [2.05, 4.69) is 35.6 Å². The minimum atomic E-state index is 0.543. The maximum absolute atomic E-state index is 5.80. The monoisotopic (exact) mass is 254 g/mol. The van der Waals surface area contributed by atoms with Crippen LogP contribution in [0.3, 0.4) is 0 Å². The number of hydrogen-bond acceptors (Lipinski definition) is 5. The van der Waals surface area contributed by atoms with Gasteiger partial charge in [0.2, 0.25) is 0 Å². The third-order valence-electron chi connectivity index (χ3n) is 2.83. The van der Waals surface area contributed by atoms with Crippen LogP contribution >= 0.6 is 11.8 Å². The number of nitrogens with two attached hydrogens (primary N) is 1.